The molecule has 0 radical (unpaired) electrons. The largest absolute Gasteiger partial charge is 0.297 e. The van der Waals surface area contributed by atoms with E-state index in [1.54, 1.807) is 0 Å². The molecule has 29 heavy (non-hydrogen) atoms. The molecule has 3 heteroatoms. The summed E-state index contributed by atoms with van der Waals surface area (Å²) in [7, 11) is 2.17. The van der Waals surface area contributed by atoms with Gasteiger partial charge < -0.3 is 0 Å². The Balaban J connectivity index is 2.20. The highest BCUT2D eigenvalue weighted by Crippen LogP contribution is 2.37. The van der Waals surface area contributed by atoms with E-state index in [1.807, 2.05) is 0 Å². The molecule has 3 nitrogen and oxygen atoms in total. The van der Waals surface area contributed by atoms with Gasteiger partial charge in [-0.25, -0.2) is 4.57 Å². The molecule has 3 aromatic heterocycles. The van der Waals surface area contributed by atoms with E-state index in [-0.39, 0.29) is 0 Å². The Morgan fingerprint density at radius 2 is 1.59 bits per heavy atom. The van der Waals surface area contributed by atoms with Gasteiger partial charge in [-0.05, 0) is 54.2 Å². The van der Waals surface area contributed by atoms with Crippen LogP contribution < -0.4 is 4.57 Å². The average molecular weight is 383 g/mol. The summed E-state index contributed by atoms with van der Waals surface area (Å²) in [5.41, 5.74) is 9.90. The van der Waals surface area contributed by atoms with Crippen LogP contribution in [0.5, 0.6) is 0 Å². The lowest BCUT2D eigenvalue weighted by Gasteiger charge is -2.15. The fourth-order valence-electron chi connectivity index (χ4n) is 4.78. The number of hydrogen-bond donors (Lipinski definition) is 0. The Labute approximate surface area is 171 Å². The highest BCUT2D eigenvalue weighted by Gasteiger charge is 2.26. The number of para-hydroxylation sites is 2. The minimum absolute atomic E-state index is 0.398. The van der Waals surface area contributed by atoms with Crippen molar-refractivity contribution in [2.24, 2.45) is 7.05 Å². The van der Waals surface area contributed by atoms with E-state index in [2.05, 4.69) is 99.2 Å². The molecule has 0 bridgehead atoms. The fourth-order valence-corrected chi connectivity index (χ4v) is 4.78. The summed E-state index contributed by atoms with van der Waals surface area (Å²) in [6.07, 6.45) is 0. The highest BCUT2D eigenvalue weighted by molar-refractivity contribution is 6.13. The minimum atomic E-state index is 0.398. The molecule has 5 aromatic rings. The molecular formula is C26H28N3+. The predicted molar refractivity (Wildman–Crippen MR) is 122 cm³/mol. The van der Waals surface area contributed by atoms with Gasteiger partial charge in [-0.15, -0.1) is 0 Å². The van der Waals surface area contributed by atoms with E-state index < -0.39 is 0 Å². The van der Waals surface area contributed by atoms with Crippen molar-refractivity contribution < 1.29 is 4.57 Å². The zero-order valence-corrected chi connectivity index (χ0v) is 18.1. The summed E-state index contributed by atoms with van der Waals surface area (Å²) in [6.45, 7) is 11.2. The summed E-state index contributed by atoms with van der Waals surface area (Å²) in [5, 5.41) is 2.55. The Morgan fingerprint density at radius 1 is 0.862 bits per heavy atom. The Morgan fingerprint density at radius 3 is 2.31 bits per heavy atom. The summed E-state index contributed by atoms with van der Waals surface area (Å²) >= 11 is 0. The van der Waals surface area contributed by atoms with Crippen molar-refractivity contribution in [3.8, 4) is 0 Å². The van der Waals surface area contributed by atoms with Crippen molar-refractivity contribution in [2.75, 3.05) is 0 Å². The van der Waals surface area contributed by atoms with Gasteiger partial charge in [0.25, 0.3) is 5.65 Å². The van der Waals surface area contributed by atoms with Crippen LogP contribution in [0.2, 0.25) is 0 Å². The Hall–Kier alpha value is -2.94. The average Bonchev–Trinajstić information content (AvgIpc) is 3.00. The topological polar surface area (TPSA) is 21.2 Å². The smallest absolute Gasteiger partial charge is 0.251 e. The van der Waals surface area contributed by atoms with Gasteiger partial charge in [-0.3, -0.25) is 4.98 Å². The van der Waals surface area contributed by atoms with Crippen molar-refractivity contribution in [2.45, 2.75) is 46.5 Å². The standard InChI is InChI=1S/C26H28N3/c1-15(2)18-10-9-13-22-24(18)25-23(17(5)14-19(27-25)16(3)4)26-28(6)20-11-7-8-12-21(20)29(22)26/h7-16H,1-6H3/q+1. The molecule has 0 aliphatic carbocycles. The van der Waals surface area contributed by atoms with Gasteiger partial charge in [0.05, 0.1) is 23.3 Å². The van der Waals surface area contributed by atoms with Crippen LogP contribution in [-0.2, 0) is 7.05 Å². The monoisotopic (exact) mass is 382 g/mol. The van der Waals surface area contributed by atoms with Gasteiger partial charge in [0.2, 0.25) is 0 Å². The fraction of sp³-hybridized carbons (Fsp3) is 0.308. The number of hydrogen-bond acceptors (Lipinski definition) is 1. The lowest BCUT2D eigenvalue weighted by molar-refractivity contribution is -0.617. The van der Waals surface area contributed by atoms with Crippen molar-refractivity contribution in [3.63, 3.8) is 0 Å². The van der Waals surface area contributed by atoms with Crippen LogP contribution >= 0.6 is 0 Å². The van der Waals surface area contributed by atoms with Crippen LogP contribution in [0.25, 0.3) is 38.5 Å². The number of rotatable bonds is 2. The number of benzene rings is 2. The molecule has 0 saturated heterocycles. The van der Waals surface area contributed by atoms with Crippen molar-refractivity contribution in [3.05, 3.63) is 65.4 Å². The second-order valence-electron chi connectivity index (χ2n) is 8.85. The van der Waals surface area contributed by atoms with Crippen LogP contribution in [0.1, 0.15) is 56.4 Å². The van der Waals surface area contributed by atoms with E-state index >= 15 is 0 Å². The first-order chi connectivity index (χ1) is 13.9. The van der Waals surface area contributed by atoms with Gasteiger partial charge >= 0.3 is 0 Å². The first kappa shape index (κ1) is 18.1. The molecule has 2 aromatic carbocycles. The summed E-state index contributed by atoms with van der Waals surface area (Å²) in [6, 6.07) is 17.7. The van der Waals surface area contributed by atoms with Gasteiger partial charge in [-0.1, -0.05) is 52.0 Å². The van der Waals surface area contributed by atoms with E-state index in [0.29, 0.717) is 11.8 Å². The molecular weight excluding hydrogens is 354 g/mol. The Kier molecular flexibility index (Phi) is 3.92. The van der Waals surface area contributed by atoms with E-state index in [4.69, 9.17) is 4.98 Å². The normalized spacial score (nSPS) is 12.4. The molecule has 0 N–H and O–H groups in total. The van der Waals surface area contributed by atoms with Crippen LogP contribution in [0, 0.1) is 6.92 Å². The first-order valence-corrected chi connectivity index (χ1v) is 10.5. The molecule has 3 heterocycles. The molecule has 146 valence electrons. The maximum atomic E-state index is 5.24. The SMILES string of the molecule is Cc1cc(C(C)C)nc2c3c(C(C)C)cccc3n3c4ccccc4[n+](C)c3c12. The zero-order valence-electron chi connectivity index (χ0n) is 18.1. The summed E-state index contributed by atoms with van der Waals surface area (Å²) in [5.74, 6) is 0.829. The lowest BCUT2D eigenvalue weighted by Crippen LogP contribution is -2.27. The van der Waals surface area contributed by atoms with Gasteiger partial charge in [0.15, 0.2) is 11.0 Å². The molecule has 0 fully saturated rings. The summed E-state index contributed by atoms with van der Waals surface area (Å²) < 4.78 is 4.76. The van der Waals surface area contributed by atoms with Crippen LogP contribution in [-0.4, -0.2) is 9.38 Å². The minimum Gasteiger partial charge on any atom is -0.251 e. The second-order valence-corrected chi connectivity index (χ2v) is 8.85. The molecule has 0 amide bonds. The van der Waals surface area contributed by atoms with Crippen LogP contribution in [0.15, 0.2) is 48.5 Å². The molecule has 0 spiro atoms. The highest BCUT2D eigenvalue weighted by atomic mass is 15.1. The van der Waals surface area contributed by atoms with Gasteiger partial charge in [-0.2, -0.15) is 4.40 Å². The maximum absolute atomic E-state index is 5.24. The molecule has 0 aliphatic rings. The number of aryl methyl sites for hydroxylation is 2. The van der Waals surface area contributed by atoms with Crippen LogP contribution in [0.4, 0.5) is 0 Å². The van der Waals surface area contributed by atoms with E-state index in [0.717, 1.165) is 11.2 Å². The quantitative estimate of drug-likeness (QED) is 0.264. The Bertz CT molecular complexity index is 1420. The molecule has 5 rings (SSSR count). The van der Waals surface area contributed by atoms with Gasteiger partial charge in [0, 0.05) is 5.69 Å². The second kappa shape index (κ2) is 6.28. The predicted octanol–water partition coefficient (Wildman–Crippen LogP) is 6.17. The summed E-state index contributed by atoms with van der Waals surface area (Å²) in [4.78, 5) is 5.24. The first-order valence-electron chi connectivity index (χ1n) is 10.5. The number of nitrogens with zero attached hydrogens (tertiary/aromatic N) is 3. The lowest BCUT2D eigenvalue weighted by atomic mass is 9.94. The van der Waals surface area contributed by atoms with Crippen LogP contribution in [0.3, 0.4) is 0 Å². The number of pyridine rings is 2. The van der Waals surface area contributed by atoms with E-state index in [1.165, 1.54) is 44.1 Å². The van der Waals surface area contributed by atoms with Crippen molar-refractivity contribution >= 4 is 38.5 Å². The maximum Gasteiger partial charge on any atom is 0.297 e. The molecule has 0 saturated carbocycles. The molecule has 0 unspecified atom stereocenters. The molecule has 0 atom stereocenters. The van der Waals surface area contributed by atoms with Crippen molar-refractivity contribution in [1.82, 2.24) is 9.38 Å². The molecule has 0 aliphatic heterocycles. The van der Waals surface area contributed by atoms with Crippen molar-refractivity contribution in [1.29, 1.82) is 0 Å². The third-order valence-electron chi connectivity index (χ3n) is 6.24. The third-order valence-corrected chi connectivity index (χ3v) is 6.24. The number of aromatic nitrogens is 3. The zero-order chi connectivity index (χ0) is 20.4. The van der Waals surface area contributed by atoms with Gasteiger partial charge in [0.1, 0.15) is 5.52 Å². The number of fused-ring (bicyclic) bond motifs is 8. The third kappa shape index (κ3) is 2.43. The van der Waals surface area contributed by atoms with E-state index in [9.17, 15) is 0 Å². The number of imidazole rings is 1.